The third-order valence-electron chi connectivity index (χ3n) is 5.28. The minimum atomic E-state index is -5.40. The number of Topliss-reactive ketones (excluding diaryl/α,β-unsaturated/α-hetero) is 1. The predicted molar refractivity (Wildman–Crippen MR) is 109 cm³/mol. The summed E-state index contributed by atoms with van der Waals surface area (Å²) < 4.78 is 60.7. The number of hydrogen-bond donors (Lipinski definition) is 3. The van der Waals surface area contributed by atoms with Gasteiger partial charge in [-0.2, -0.15) is 13.2 Å². The van der Waals surface area contributed by atoms with Crippen molar-refractivity contribution in [1.82, 2.24) is 10.6 Å². The number of furan rings is 1. The van der Waals surface area contributed by atoms with Crippen molar-refractivity contribution in [3.05, 3.63) is 82.8 Å². The number of ketones is 1. The maximum absolute atomic E-state index is 14.0. The first-order chi connectivity index (χ1) is 15.5. The number of hydrogen-bond acceptors (Lipinski definition) is 4. The smallest absolute Gasteiger partial charge is 0.437 e. The highest BCUT2D eigenvalue weighted by Gasteiger charge is 2.66. The Balaban J connectivity index is 1.80. The van der Waals surface area contributed by atoms with Crippen molar-refractivity contribution in [2.75, 3.05) is 0 Å². The van der Waals surface area contributed by atoms with Gasteiger partial charge in [-0.15, -0.1) is 0 Å². The zero-order valence-corrected chi connectivity index (χ0v) is 17.2. The van der Waals surface area contributed by atoms with Gasteiger partial charge in [0.15, 0.2) is 5.78 Å². The molecule has 2 aromatic carbocycles. The van der Waals surface area contributed by atoms with E-state index in [1.165, 1.54) is 66.0 Å². The van der Waals surface area contributed by atoms with Crippen molar-refractivity contribution in [3.8, 4) is 11.3 Å². The van der Waals surface area contributed by atoms with E-state index >= 15 is 0 Å². The lowest BCUT2D eigenvalue weighted by atomic mass is 9.79. The minimum absolute atomic E-state index is 0.158. The second-order valence-corrected chi connectivity index (χ2v) is 7.83. The second kappa shape index (κ2) is 8.20. The molecule has 0 bridgehead atoms. The largest absolute Gasteiger partial charge is 0.459 e. The van der Waals surface area contributed by atoms with Crippen molar-refractivity contribution in [2.45, 2.75) is 17.9 Å². The van der Waals surface area contributed by atoms with Crippen LogP contribution in [0.5, 0.6) is 0 Å². The van der Waals surface area contributed by atoms with Crippen LogP contribution in [0.15, 0.2) is 65.1 Å². The third-order valence-corrected chi connectivity index (χ3v) is 5.53. The average molecular weight is 483 g/mol. The van der Waals surface area contributed by atoms with Crippen LogP contribution in [0.1, 0.15) is 22.2 Å². The highest BCUT2D eigenvalue weighted by molar-refractivity contribution is 6.30. The van der Waals surface area contributed by atoms with E-state index in [-0.39, 0.29) is 22.1 Å². The van der Waals surface area contributed by atoms with Crippen LogP contribution >= 0.6 is 11.6 Å². The molecule has 6 nitrogen and oxygen atoms in total. The summed E-state index contributed by atoms with van der Waals surface area (Å²) in [5.74, 6) is -3.91. The zero-order valence-electron chi connectivity index (χ0n) is 16.5. The molecule has 0 aliphatic carbocycles. The Labute approximate surface area is 189 Å². The fraction of sp³-hybridized carbons (Fsp3) is 0.182. The summed E-state index contributed by atoms with van der Waals surface area (Å²) in [4.78, 5) is 25.3. The number of nitrogens with one attached hydrogen (secondary N) is 2. The van der Waals surface area contributed by atoms with Crippen LogP contribution in [0.3, 0.4) is 0 Å². The minimum Gasteiger partial charge on any atom is -0.459 e. The van der Waals surface area contributed by atoms with Crippen LogP contribution in [0.2, 0.25) is 5.02 Å². The summed E-state index contributed by atoms with van der Waals surface area (Å²) in [6.45, 7) is 0. The van der Waals surface area contributed by atoms with E-state index in [1.54, 1.807) is 0 Å². The summed E-state index contributed by atoms with van der Waals surface area (Å²) >= 11 is 5.80. The molecule has 3 N–H and O–H groups in total. The van der Waals surface area contributed by atoms with Gasteiger partial charge in [-0.3, -0.25) is 4.79 Å². The van der Waals surface area contributed by atoms with Gasteiger partial charge in [0, 0.05) is 16.1 Å². The molecule has 1 fully saturated rings. The van der Waals surface area contributed by atoms with E-state index in [2.05, 4.69) is 5.32 Å². The number of amides is 2. The van der Waals surface area contributed by atoms with Crippen LogP contribution in [0.4, 0.5) is 22.4 Å². The van der Waals surface area contributed by atoms with Gasteiger partial charge in [0.25, 0.3) is 0 Å². The zero-order chi connectivity index (χ0) is 24.0. The van der Waals surface area contributed by atoms with Crippen molar-refractivity contribution >= 4 is 23.4 Å². The number of aliphatic hydroxyl groups is 1. The summed E-state index contributed by atoms with van der Waals surface area (Å²) in [6.07, 6.45) is -5.40. The first-order valence-corrected chi connectivity index (χ1v) is 9.90. The van der Waals surface area contributed by atoms with Crippen LogP contribution in [0.25, 0.3) is 11.3 Å². The first-order valence-electron chi connectivity index (χ1n) is 9.53. The predicted octanol–water partition coefficient (Wildman–Crippen LogP) is 4.84. The molecule has 172 valence electrons. The van der Waals surface area contributed by atoms with Crippen LogP contribution in [-0.4, -0.2) is 28.8 Å². The van der Waals surface area contributed by atoms with Crippen molar-refractivity contribution in [2.24, 2.45) is 5.92 Å². The molecule has 3 atom stereocenters. The average Bonchev–Trinajstić information content (AvgIpc) is 3.23. The highest BCUT2D eigenvalue weighted by atomic mass is 35.5. The quantitative estimate of drug-likeness (QED) is 0.366. The molecule has 2 heterocycles. The summed E-state index contributed by atoms with van der Waals surface area (Å²) in [5.41, 5.74) is -3.64. The summed E-state index contributed by atoms with van der Waals surface area (Å²) in [7, 11) is 0. The fourth-order valence-electron chi connectivity index (χ4n) is 3.66. The lowest BCUT2D eigenvalue weighted by Crippen LogP contribution is -2.72. The van der Waals surface area contributed by atoms with Gasteiger partial charge in [-0.25, -0.2) is 9.18 Å². The first kappa shape index (κ1) is 22.8. The Bertz CT molecular complexity index is 1190. The van der Waals surface area contributed by atoms with Gasteiger partial charge in [0.05, 0.1) is 0 Å². The monoisotopic (exact) mass is 482 g/mol. The molecule has 0 spiro atoms. The Hall–Kier alpha value is -3.37. The number of rotatable bonds is 4. The number of alkyl halides is 3. The Morgan fingerprint density at radius 3 is 2.27 bits per heavy atom. The maximum atomic E-state index is 14.0. The Morgan fingerprint density at radius 1 is 1.03 bits per heavy atom. The molecule has 3 unspecified atom stereocenters. The molecule has 1 saturated heterocycles. The number of benzene rings is 2. The molecule has 1 aliphatic rings. The number of urea groups is 1. The van der Waals surface area contributed by atoms with E-state index in [4.69, 9.17) is 16.0 Å². The van der Waals surface area contributed by atoms with E-state index in [0.29, 0.717) is 5.56 Å². The molecule has 11 heteroatoms. The van der Waals surface area contributed by atoms with Crippen molar-refractivity contribution in [3.63, 3.8) is 0 Å². The third kappa shape index (κ3) is 4.19. The normalized spacial score (nSPS) is 23.0. The molecule has 2 amide bonds. The molecular formula is C22H15ClF4N2O4. The number of carbonyl (C=O) groups is 2. The van der Waals surface area contributed by atoms with Gasteiger partial charge in [-0.1, -0.05) is 11.6 Å². The van der Waals surface area contributed by atoms with Gasteiger partial charge in [0.1, 0.15) is 29.3 Å². The van der Waals surface area contributed by atoms with Crippen molar-refractivity contribution in [1.29, 1.82) is 0 Å². The maximum Gasteiger partial charge on any atom is 0.437 e. The van der Waals surface area contributed by atoms with Gasteiger partial charge in [-0.05, 0) is 60.7 Å². The number of halogens is 5. The molecule has 3 aromatic rings. The summed E-state index contributed by atoms with van der Waals surface area (Å²) in [6, 6.07) is 9.79. The van der Waals surface area contributed by atoms with Gasteiger partial charge >= 0.3 is 12.2 Å². The standard InChI is InChI=1S/C22H15ClF4N2O4/c23-13-5-1-12(2-6-13)19(30)17-18(28-20(31)29-21(17,32)22(25,26)27)16-10-9-15(33-16)11-3-7-14(24)8-4-11/h1-10,17-18,32H,(H2,28,29,31). The second-order valence-electron chi connectivity index (χ2n) is 7.40. The van der Waals surface area contributed by atoms with Gasteiger partial charge in [0.2, 0.25) is 5.72 Å². The van der Waals surface area contributed by atoms with E-state index < -0.39 is 41.5 Å². The van der Waals surface area contributed by atoms with Gasteiger partial charge < -0.3 is 20.2 Å². The molecular weight excluding hydrogens is 468 g/mol. The lowest BCUT2D eigenvalue weighted by molar-refractivity contribution is -0.288. The Kier molecular flexibility index (Phi) is 5.67. The summed E-state index contributed by atoms with van der Waals surface area (Å²) in [5, 5.41) is 14.5. The van der Waals surface area contributed by atoms with E-state index in [0.717, 1.165) is 0 Å². The SMILES string of the molecule is O=C1NC(c2ccc(-c3ccc(F)cc3)o2)C(C(=O)c2ccc(Cl)cc2)C(O)(C(F)(F)F)N1. The molecule has 33 heavy (non-hydrogen) atoms. The molecule has 1 aliphatic heterocycles. The highest BCUT2D eigenvalue weighted by Crippen LogP contribution is 2.44. The van der Waals surface area contributed by atoms with Crippen molar-refractivity contribution < 1.29 is 36.7 Å². The fourth-order valence-corrected chi connectivity index (χ4v) is 3.79. The molecule has 0 saturated carbocycles. The Morgan fingerprint density at radius 2 is 1.67 bits per heavy atom. The topological polar surface area (TPSA) is 91.6 Å². The van der Waals surface area contributed by atoms with Crippen LogP contribution in [-0.2, 0) is 0 Å². The van der Waals surface area contributed by atoms with Crippen LogP contribution < -0.4 is 10.6 Å². The molecule has 4 rings (SSSR count). The molecule has 1 aromatic heterocycles. The van der Waals surface area contributed by atoms with E-state index in [1.807, 2.05) is 0 Å². The van der Waals surface area contributed by atoms with Crippen LogP contribution in [0, 0.1) is 11.7 Å². The molecule has 0 radical (unpaired) electrons. The number of carbonyl (C=O) groups excluding carboxylic acids is 2. The lowest BCUT2D eigenvalue weighted by Gasteiger charge is -2.44. The van der Waals surface area contributed by atoms with E-state index in [9.17, 15) is 32.3 Å².